The molecule has 0 amide bonds. The van der Waals surface area contributed by atoms with Gasteiger partial charge in [-0.2, -0.15) is 0 Å². The SMILES string of the molecule is C[C@H](O)CC#CC#CC[C@H](C)O. The van der Waals surface area contributed by atoms with Gasteiger partial charge in [-0.3, -0.25) is 0 Å². The van der Waals surface area contributed by atoms with Gasteiger partial charge in [0, 0.05) is 12.8 Å². The van der Waals surface area contributed by atoms with Crippen molar-refractivity contribution in [2.75, 3.05) is 0 Å². The Morgan fingerprint density at radius 1 is 0.917 bits per heavy atom. The molecule has 0 radical (unpaired) electrons. The van der Waals surface area contributed by atoms with E-state index in [0.29, 0.717) is 12.8 Å². The van der Waals surface area contributed by atoms with Gasteiger partial charge in [0.15, 0.2) is 0 Å². The van der Waals surface area contributed by atoms with Crippen molar-refractivity contribution in [3.05, 3.63) is 0 Å². The monoisotopic (exact) mass is 166 g/mol. The molecule has 0 aliphatic carbocycles. The molecule has 0 bridgehead atoms. The molecule has 2 N–H and O–H groups in total. The van der Waals surface area contributed by atoms with E-state index in [1.54, 1.807) is 13.8 Å². The van der Waals surface area contributed by atoms with Crippen molar-refractivity contribution in [2.24, 2.45) is 0 Å². The molecular weight excluding hydrogens is 152 g/mol. The standard InChI is InChI=1S/C10H14O2/c1-9(11)7-5-3-4-6-8-10(2)12/h9-12H,7-8H2,1-2H3/t9-,10-/m0/s1. The molecule has 0 spiro atoms. The first-order chi connectivity index (χ1) is 5.63. The molecular formula is C10H14O2. The summed E-state index contributed by atoms with van der Waals surface area (Å²) in [6.45, 7) is 3.36. The van der Waals surface area contributed by atoms with Crippen LogP contribution in [0.4, 0.5) is 0 Å². The molecule has 0 heterocycles. The first-order valence-electron chi connectivity index (χ1n) is 3.94. The molecule has 0 aliphatic heterocycles. The molecule has 0 aromatic heterocycles. The van der Waals surface area contributed by atoms with Crippen molar-refractivity contribution in [3.63, 3.8) is 0 Å². The molecule has 0 unspecified atom stereocenters. The Bertz CT molecular complexity index is 194. The Hall–Kier alpha value is -0.960. The van der Waals surface area contributed by atoms with Crippen molar-refractivity contribution in [1.82, 2.24) is 0 Å². The van der Waals surface area contributed by atoms with Crippen molar-refractivity contribution in [2.45, 2.75) is 38.9 Å². The topological polar surface area (TPSA) is 40.5 Å². The summed E-state index contributed by atoms with van der Waals surface area (Å²) >= 11 is 0. The van der Waals surface area contributed by atoms with Crippen LogP contribution >= 0.6 is 0 Å². The molecule has 12 heavy (non-hydrogen) atoms. The molecule has 0 saturated heterocycles. The molecule has 0 rings (SSSR count). The number of hydrogen-bond acceptors (Lipinski definition) is 2. The summed E-state index contributed by atoms with van der Waals surface area (Å²) in [5.41, 5.74) is 0. The van der Waals surface area contributed by atoms with Crippen LogP contribution in [0.1, 0.15) is 26.7 Å². The van der Waals surface area contributed by atoms with Gasteiger partial charge in [0.05, 0.1) is 12.2 Å². The van der Waals surface area contributed by atoms with Crippen molar-refractivity contribution in [1.29, 1.82) is 0 Å². The van der Waals surface area contributed by atoms with Gasteiger partial charge in [-0.1, -0.05) is 11.8 Å². The second-order valence-electron chi connectivity index (χ2n) is 2.71. The second-order valence-corrected chi connectivity index (χ2v) is 2.71. The smallest absolute Gasteiger partial charge is 0.0621 e. The highest BCUT2D eigenvalue weighted by Crippen LogP contribution is 1.85. The summed E-state index contributed by atoms with van der Waals surface area (Å²) in [6, 6.07) is 0. The van der Waals surface area contributed by atoms with Gasteiger partial charge in [-0.25, -0.2) is 0 Å². The van der Waals surface area contributed by atoms with E-state index in [-0.39, 0.29) is 0 Å². The predicted molar refractivity (Wildman–Crippen MR) is 48.1 cm³/mol. The highest BCUT2D eigenvalue weighted by molar-refractivity contribution is 5.26. The van der Waals surface area contributed by atoms with E-state index in [4.69, 9.17) is 10.2 Å². The summed E-state index contributed by atoms with van der Waals surface area (Å²) < 4.78 is 0. The van der Waals surface area contributed by atoms with Crippen LogP contribution in [0, 0.1) is 23.7 Å². The first kappa shape index (κ1) is 11.0. The zero-order valence-electron chi connectivity index (χ0n) is 7.46. The van der Waals surface area contributed by atoms with Crippen molar-refractivity contribution >= 4 is 0 Å². The highest BCUT2D eigenvalue weighted by atomic mass is 16.3. The molecule has 66 valence electrons. The van der Waals surface area contributed by atoms with Gasteiger partial charge in [-0.05, 0) is 25.7 Å². The number of aliphatic hydroxyl groups excluding tert-OH is 2. The zero-order chi connectivity index (χ0) is 9.40. The minimum absolute atomic E-state index is 0.393. The molecule has 0 saturated carbocycles. The fraction of sp³-hybridized carbons (Fsp3) is 0.600. The van der Waals surface area contributed by atoms with Gasteiger partial charge in [0.1, 0.15) is 0 Å². The van der Waals surface area contributed by atoms with Crippen LogP contribution in [0.25, 0.3) is 0 Å². The third-order valence-electron chi connectivity index (χ3n) is 1.03. The lowest BCUT2D eigenvalue weighted by atomic mass is 10.3. The van der Waals surface area contributed by atoms with Gasteiger partial charge in [-0.15, -0.1) is 0 Å². The fourth-order valence-corrected chi connectivity index (χ4v) is 0.486. The summed E-state index contributed by atoms with van der Waals surface area (Å²) in [7, 11) is 0. The van der Waals surface area contributed by atoms with Crippen molar-refractivity contribution in [3.8, 4) is 23.7 Å². The molecule has 2 heteroatoms. The summed E-state index contributed by atoms with van der Waals surface area (Å²) in [6.07, 6.45) is 0.110. The van der Waals surface area contributed by atoms with E-state index in [1.807, 2.05) is 0 Å². The third-order valence-corrected chi connectivity index (χ3v) is 1.03. The van der Waals surface area contributed by atoms with E-state index >= 15 is 0 Å². The highest BCUT2D eigenvalue weighted by Gasteiger charge is 1.87. The lowest BCUT2D eigenvalue weighted by Gasteiger charge is -1.92. The maximum Gasteiger partial charge on any atom is 0.0621 e. The van der Waals surface area contributed by atoms with E-state index in [1.165, 1.54) is 0 Å². The van der Waals surface area contributed by atoms with Gasteiger partial charge >= 0.3 is 0 Å². The lowest BCUT2D eigenvalue weighted by Crippen LogP contribution is -1.96. The van der Waals surface area contributed by atoms with Crippen LogP contribution in [0.5, 0.6) is 0 Å². The van der Waals surface area contributed by atoms with Crippen LogP contribution in [-0.2, 0) is 0 Å². The first-order valence-corrected chi connectivity index (χ1v) is 3.94. The maximum absolute atomic E-state index is 8.81. The lowest BCUT2D eigenvalue weighted by molar-refractivity contribution is 0.200. The Kier molecular flexibility index (Phi) is 6.19. The normalized spacial score (nSPS) is 13.3. The van der Waals surface area contributed by atoms with Crippen LogP contribution < -0.4 is 0 Å². The molecule has 0 fully saturated rings. The zero-order valence-corrected chi connectivity index (χ0v) is 7.46. The number of rotatable bonds is 2. The summed E-state index contributed by atoms with van der Waals surface area (Å²) in [4.78, 5) is 0. The average molecular weight is 166 g/mol. The van der Waals surface area contributed by atoms with Crippen LogP contribution in [-0.4, -0.2) is 22.4 Å². The Morgan fingerprint density at radius 3 is 1.50 bits per heavy atom. The summed E-state index contributed by atoms with van der Waals surface area (Å²) in [5.74, 6) is 10.6. The number of aliphatic hydroxyl groups is 2. The summed E-state index contributed by atoms with van der Waals surface area (Å²) in [5, 5.41) is 17.6. The molecule has 0 aromatic rings. The quantitative estimate of drug-likeness (QED) is 0.588. The molecule has 2 nitrogen and oxygen atoms in total. The Balaban J connectivity index is 3.59. The van der Waals surface area contributed by atoms with Gasteiger partial charge < -0.3 is 10.2 Å². The van der Waals surface area contributed by atoms with Crippen LogP contribution in [0.2, 0.25) is 0 Å². The predicted octanol–water partition coefficient (Wildman–Crippen LogP) is 0.535. The fourth-order valence-electron chi connectivity index (χ4n) is 0.486. The minimum atomic E-state index is -0.393. The van der Waals surface area contributed by atoms with Gasteiger partial charge in [0.25, 0.3) is 0 Å². The Labute approximate surface area is 73.6 Å². The Morgan fingerprint density at radius 2 is 1.25 bits per heavy atom. The second kappa shape index (κ2) is 6.73. The molecule has 0 aliphatic rings. The van der Waals surface area contributed by atoms with Crippen LogP contribution in [0.15, 0.2) is 0 Å². The van der Waals surface area contributed by atoms with E-state index in [9.17, 15) is 0 Å². The van der Waals surface area contributed by atoms with E-state index in [0.717, 1.165) is 0 Å². The third kappa shape index (κ3) is 9.04. The minimum Gasteiger partial charge on any atom is -0.392 e. The average Bonchev–Trinajstić information content (AvgIpc) is 1.95. The molecule has 2 atom stereocenters. The van der Waals surface area contributed by atoms with E-state index < -0.39 is 12.2 Å². The van der Waals surface area contributed by atoms with E-state index in [2.05, 4.69) is 23.7 Å². The van der Waals surface area contributed by atoms with Gasteiger partial charge in [0.2, 0.25) is 0 Å². The molecule has 0 aromatic carbocycles. The largest absolute Gasteiger partial charge is 0.392 e. The van der Waals surface area contributed by atoms with Crippen molar-refractivity contribution < 1.29 is 10.2 Å². The maximum atomic E-state index is 8.81. The number of hydrogen-bond donors (Lipinski definition) is 2. The van der Waals surface area contributed by atoms with Crippen LogP contribution in [0.3, 0.4) is 0 Å².